The van der Waals surface area contributed by atoms with Crippen molar-refractivity contribution in [3.63, 3.8) is 0 Å². The zero-order valence-electron chi connectivity index (χ0n) is 20.2. The van der Waals surface area contributed by atoms with E-state index in [1.807, 2.05) is 0 Å². The summed E-state index contributed by atoms with van der Waals surface area (Å²) >= 11 is 0. The van der Waals surface area contributed by atoms with Crippen LogP contribution in [0, 0.1) is 0 Å². The fourth-order valence-corrected chi connectivity index (χ4v) is 4.71. The molecule has 0 saturated heterocycles. The largest absolute Gasteiger partial charge is 0.394 e. The van der Waals surface area contributed by atoms with Crippen molar-refractivity contribution in [1.82, 2.24) is 0 Å². The summed E-state index contributed by atoms with van der Waals surface area (Å²) < 4.78 is 17.6. The Bertz CT molecular complexity index is 394. The number of ether oxygens (including phenoxy) is 1. The minimum Gasteiger partial charge on any atom is -0.394 e. The standard InChI is InChI=1S/C25H50O3Si/c1-6-8-10-11-12-13-14-15-16-17-18-19-20-21-22-23-25(26-3)28-29(4,5)27-24-9-7-2/h12-13,15-16,25H,6-11,14,17-24H2,1-5H3/b13-12-,16-15-. The lowest BCUT2D eigenvalue weighted by Gasteiger charge is -2.28. The van der Waals surface area contributed by atoms with Crippen molar-refractivity contribution in [2.45, 2.75) is 123 Å². The van der Waals surface area contributed by atoms with Crippen LogP contribution >= 0.6 is 0 Å². The molecule has 0 amide bonds. The molecule has 0 aromatic carbocycles. The van der Waals surface area contributed by atoms with Gasteiger partial charge in [0.15, 0.2) is 0 Å². The van der Waals surface area contributed by atoms with Gasteiger partial charge < -0.3 is 13.6 Å². The predicted octanol–water partition coefficient (Wildman–Crippen LogP) is 8.31. The molecule has 0 saturated carbocycles. The molecule has 0 radical (unpaired) electrons. The second kappa shape index (κ2) is 20.8. The molecule has 0 spiro atoms. The minimum absolute atomic E-state index is 0.115. The lowest BCUT2D eigenvalue weighted by molar-refractivity contribution is -0.0802. The van der Waals surface area contributed by atoms with Crippen molar-refractivity contribution in [2.24, 2.45) is 0 Å². The van der Waals surface area contributed by atoms with Gasteiger partial charge in [-0.3, -0.25) is 0 Å². The summed E-state index contributed by atoms with van der Waals surface area (Å²) in [6.45, 7) is 9.47. The Labute approximate surface area is 183 Å². The molecular weight excluding hydrogens is 376 g/mol. The summed E-state index contributed by atoms with van der Waals surface area (Å²) in [6.07, 6.45) is 26.3. The zero-order chi connectivity index (χ0) is 21.6. The second-order valence-corrected chi connectivity index (χ2v) is 11.7. The molecule has 0 N–H and O–H groups in total. The second-order valence-electron chi connectivity index (χ2n) is 8.40. The van der Waals surface area contributed by atoms with Crippen LogP contribution in [0.3, 0.4) is 0 Å². The number of methoxy groups -OCH3 is 1. The number of hydrogen-bond acceptors (Lipinski definition) is 3. The topological polar surface area (TPSA) is 27.7 Å². The molecule has 0 bridgehead atoms. The van der Waals surface area contributed by atoms with Crippen molar-refractivity contribution < 1.29 is 13.6 Å². The Hall–Kier alpha value is -0.423. The normalized spacial score (nSPS) is 13.7. The van der Waals surface area contributed by atoms with Crippen LogP contribution in [0.2, 0.25) is 13.1 Å². The lowest BCUT2D eigenvalue weighted by atomic mass is 10.1. The van der Waals surface area contributed by atoms with E-state index in [9.17, 15) is 0 Å². The van der Waals surface area contributed by atoms with Crippen molar-refractivity contribution in [3.05, 3.63) is 24.3 Å². The highest BCUT2D eigenvalue weighted by Gasteiger charge is 2.28. The van der Waals surface area contributed by atoms with Crippen molar-refractivity contribution in [2.75, 3.05) is 13.7 Å². The molecule has 0 aliphatic carbocycles. The van der Waals surface area contributed by atoms with E-state index in [1.165, 1.54) is 57.8 Å². The average molecular weight is 427 g/mol. The average Bonchev–Trinajstić information content (AvgIpc) is 2.70. The Morgan fingerprint density at radius 3 is 1.93 bits per heavy atom. The lowest BCUT2D eigenvalue weighted by Crippen LogP contribution is -2.40. The summed E-state index contributed by atoms with van der Waals surface area (Å²) in [5.41, 5.74) is 0. The van der Waals surface area contributed by atoms with Gasteiger partial charge in [-0.2, -0.15) is 0 Å². The maximum absolute atomic E-state index is 6.13. The van der Waals surface area contributed by atoms with E-state index in [1.54, 1.807) is 7.11 Å². The summed E-state index contributed by atoms with van der Waals surface area (Å²) in [5, 5.41) is 0. The zero-order valence-corrected chi connectivity index (χ0v) is 21.2. The monoisotopic (exact) mass is 426 g/mol. The van der Waals surface area contributed by atoms with Gasteiger partial charge in [0.2, 0.25) is 0 Å². The first-order valence-corrected chi connectivity index (χ1v) is 15.0. The van der Waals surface area contributed by atoms with Gasteiger partial charge in [0.1, 0.15) is 6.29 Å². The van der Waals surface area contributed by atoms with Crippen LogP contribution in [0.25, 0.3) is 0 Å². The Morgan fingerprint density at radius 2 is 1.31 bits per heavy atom. The van der Waals surface area contributed by atoms with E-state index in [0.717, 1.165) is 38.7 Å². The summed E-state index contributed by atoms with van der Waals surface area (Å²) in [7, 11) is -0.327. The first kappa shape index (κ1) is 28.6. The van der Waals surface area contributed by atoms with Gasteiger partial charge in [0.05, 0.1) is 0 Å². The SMILES string of the molecule is CCCCC/C=C\C/C=C\CCCCCCCC(OC)O[Si](C)(C)OCCCC. The van der Waals surface area contributed by atoms with Gasteiger partial charge in [-0.1, -0.05) is 76.7 Å². The highest BCUT2D eigenvalue weighted by Crippen LogP contribution is 2.17. The smallest absolute Gasteiger partial charge is 0.333 e. The molecule has 0 heterocycles. The van der Waals surface area contributed by atoms with Crippen molar-refractivity contribution in [3.8, 4) is 0 Å². The highest BCUT2D eigenvalue weighted by molar-refractivity contribution is 6.64. The van der Waals surface area contributed by atoms with Gasteiger partial charge in [-0.25, -0.2) is 0 Å². The van der Waals surface area contributed by atoms with Gasteiger partial charge in [-0.15, -0.1) is 0 Å². The van der Waals surface area contributed by atoms with Gasteiger partial charge in [-0.05, 0) is 64.5 Å². The third-order valence-corrected chi connectivity index (χ3v) is 6.75. The number of rotatable bonds is 21. The van der Waals surface area contributed by atoms with E-state index in [-0.39, 0.29) is 6.29 Å². The maximum atomic E-state index is 6.13. The van der Waals surface area contributed by atoms with Gasteiger partial charge in [0, 0.05) is 13.7 Å². The number of unbranched alkanes of at least 4 members (excludes halogenated alkanes) is 9. The molecule has 0 fully saturated rings. The van der Waals surface area contributed by atoms with Crippen LogP contribution in [-0.2, 0) is 13.6 Å². The first-order valence-electron chi connectivity index (χ1n) is 12.2. The first-order chi connectivity index (χ1) is 14.1. The van der Waals surface area contributed by atoms with Gasteiger partial charge >= 0.3 is 8.56 Å². The number of hydrogen-bond donors (Lipinski definition) is 0. The van der Waals surface area contributed by atoms with Crippen molar-refractivity contribution >= 4 is 8.56 Å². The molecule has 0 aromatic heterocycles. The van der Waals surface area contributed by atoms with E-state index >= 15 is 0 Å². The third kappa shape index (κ3) is 20.6. The van der Waals surface area contributed by atoms with Crippen LogP contribution in [0.1, 0.15) is 104 Å². The van der Waals surface area contributed by atoms with Crippen LogP contribution in [0.5, 0.6) is 0 Å². The molecule has 0 aliphatic rings. The predicted molar refractivity (Wildman–Crippen MR) is 130 cm³/mol. The summed E-state index contributed by atoms with van der Waals surface area (Å²) in [5.74, 6) is 0. The number of allylic oxidation sites excluding steroid dienone is 4. The highest BCUT2D eigenvalue weighted by atomic mass is 28.4. The van der Waals surface area contributed by atoms with Crippen molar-refractivity contribution in [1.29, 1.82) is 0 Å². The molecule has 1 atom stereocenters. The van der Waals surface area contributed by atoms with E-state index in [0.29, 0.717) is 0 Å². The summed E-state index contributed by atoms with van der Waals surface area (Å²) in [6, 6.07) is 0. The molecule has 1 unspecified atom stereocenters. The Balaban J connectivity index is 3.61. The molecule has 3 nitrogen and oxygen atoms in total. The Morgan fingerprint density at radius 1 is 0.724 bits per heavy atom. The fourth-order valence-electron chi connectivity index (χ4n) is 3.16. The molecule has 0 aromatic rings. The van der Waals surface area contributed by atoms with E-state index in [4.69, 9.17) is 13.6 Å². The fraction of sp³-hybridized carbons (Fsp3) is 0.840. The van der Waals surface area contributed by atoms with Crippen LogP contribution in [0.4, 0.5) is 0 Å². The van der Waals surface area contributed by atoms with E-state index < -0.39 is 8.56 Å². The molecule has 172 valence electrons. The van der Waals surface area contributed by atoms with Gasteiger partial charge in [0.25, 0.3) is 0 Å². The third-order valence-electron chi connectivity index (χ3n) is 5.02. The maximum Gasteiger partial charge on any atom is 0.333 e. The van der Waals surface area contributed by atoms with Crippen LogP contribution in [-0.4, -0.2) is 28.6 Å². The van der Waals surface area contributed by atoms with Crippen LogP contribution < -0.4 is 0 Å². The molecule has 0 rings (SSSR count). The quantitative estimate of drug-likeness (QED) is 0.0799. The minimum atomic E-state index is -2.07. The molecule has 29 heavy (non-hydrogen) atoms. The Kier molecular flexibility index (Phi) is 20.5. The molecule has 4 heteroatoms. The van der Waals surface area contributed by atoms with E-state index in [2.05, 4.69) is 51.2 Å². The van der Waals surface area contributed by atoms with Crippen LogP contribution in [0.15, 0.2) is 24.3 Å². The molecular formula is C25H50O3Si. The summed E-state index contributed by atoms with van der Waals surface area (Å²) in [4.78, 5) is 0. The molecule has 0 aliphatic heterocycles.